The van der Waals surface area contributed by atoms with Crippen molar-refractivity contribution >= 4 is 11.6 Å². The topological polar surface area (TPSA) is 18.5 Å². The van der Waals surface area contributed by atoms with Crippen LogP contribution in [0, 0.1) is 11.8 Å². The number of ether oxygens (including phenoxy) is 2. The van der Waals surface area contributed by atoms with Crippen LogP contribution in [0.25, 0.3) is 0 Å². The molecule has 0 radical (unpaired) electrons. The zero-order valence-electron chi connectivity index (χ0n) is 9.99. The normalized spacial score (nSPS) is 28.4. The molecule has 1 aliphatic carbocycles. The van der Waals surface area contributed by atoms with Gasteiger partial charge >= 0.3 is 0 Å². The van der Waals surface area contributed by atoms with Crippen LogP contribution in [-0.2, 0) is 0 Å². The van der Waals surface area contributed by atoms with Gasteiger partial charge in [-0.3, -0.25) is 0 Å². The first kappa shape index (κ1) is 11.2. The highest BCUT2D eigenvalue weighted by atomic mass is 35.5. The van der Waals surface area contributed by atoms with E-state index in [1.165, 1.54) is 6.42 Å². The summed E-state index contributed by atoms with van der Waals surface area (Å²) in [5, 5.41) is 0.113. The van der Waals surface area contributed by atoms with Gasteiger partial charge in [0.15, 0.2) is 11.5 Å². The molecule has 1 heterocycles. The van der Waals surface area contributed by atoms with Gasteiger partial charge in [0.1, 0.15) is 0 Å². The van der Waals surface area contributed by atoms with Crippen molar-refractivity contribution in [3.05, 3.63) is 23.8 Å². The second kappa shape index (κ2) is 4.41. The maximum absolute atomic E-state index is 6.49. The van der Waals surface area contributed by atoms with E-state index < -0.39 is 0 Å². The van der Waals surface area contributed by atoms with Gasteiger partial charge in [-0.15, -0.1) is 11.6 Å². The summed E-state index contributed by atoms with van der Waals surface area (Å²) in [5.41, 5.74) is 1.16. The zero-order chi connectivity index (χ0) is 11.8. The van der Waals surface area contributed by atoms with Gasteiger partial charge in [-0.05, 0) is 36.0 Å². The molecule has 0 aromatic heterocycles. The summed E-state index contributed by atoms with van der Waals surface area (Å²) < 4.78 is 11.3. The van der Waals surface area contributed by atoms with Crippen molar-refractivity contribution in [3.8, 4) is 11.5 Å². The van der Waals surface area contributed by atoms with Crippen molar-refractivity contribution in [2.24, 2.45) is 11.8 Å². The molecule has 1 aliphatic heterocycles. The summed E-state index contributed by atoms with van der Waals surface area (Å²) >= 11 is 6.49. The van der Waals surface area contributed by atoms with Crippen LogP contribution < -0.4 is 9.47 Å². The molecule has 3 atom stereocenters. The lowest BCUT2D eigenvalue weighted by atomic mass is 10.1. The summed E-state index contributed by atoms with van der Waals surface area (Å²) in [7, 11) is 0. The minimum absolute atomic E-state index is 0.113. The number of hydrogen-bond acceptors (Lipinski definition) is 2. The summed E-state index contributed by atoms with van der Waals surface area (Å²) in [5.74, 6) is 3.08. The molecule has 1 aromatic rings. The number of benzene rings is 1. The smallest absolute Gasteiger partial charge is 0.161 e. The predicted octanol–water partition coefficient (Wildman–Crippen LogP) is 3.78. The Morgan fingerprint density at radius 2 is 1.94 bits per heavy atom. The molecule has 3 rings (SSSR count). The van der Waals surface area contributed by atoms with E-state index in [0.29, 0.717) is 5.92 Å². The maximum Gasteiger partial charge on any atom is 0.161 e. The Bertz CT molecular complexity index is 419. The number of rotatable bonds is 2. The quantitative estimate of drug-likeness (QED) is 0.746. The third-order valence-corrected chi connectivity index (χ3v) is 4.21. The van der Waals surface area contributed by atoms with Crippen molar-refractivity contribution in [2.75, 3.05) is 13.2 Å². The molecule has 0 spiro atoms. The second-order valence-electron chi connectivity index (χ2n) is 5.04. The Hall–Kier alpha value is -0.890. The summed E-state index contributed by atoms with van der Waals surface area (Å²) in [6, 6.07) is 6.10. The van der Waals surface area contributed by atoms with E-state index in [0.717, 1.165) is 42.6 Å². The van der Waals surface area contributed by atoms with Gasteiger partial charge in [0, 0.05) is 6.42 Å². The highest BCUT2D eigenvalue weighted by Crippen LogP contribution is 2.51. The van der Waals surface area contributed by atoms with E-state index in [4.69, 9.17) is 21.1 Å². The van der Waals surface area contributed by atoms with Gasteiger partial charge in [0.05, 0.1) is 18.6 Å². The molecular weight excluding hydrogens is 236 g/mol. The third kappa shape index (κ3) is 2.23. The second-order valence-corrected chi connectivity index (χ2v) is 5.51. The molecule has 1 aromatic carbocycles. The fourth-order valence-corrected chi connectivity index (χ4v) is 2.84. The molecule has 0 amide bonds. The van der Waals surface area contributed by atoms with E-state index in [1.54, 1.807) is 0 Å². The molecule has 3 heteroatoms. The number of halogens is 1. The SMILES string of the molecule is CC1CC1C(Cl)c1ccc2c(c1)OCCCO2. The van der Waals surface area contributed by atoms with Gasteiger partial charge < -0.3 is 9.47 Å². The van der Waals surface area contributed by atoms with Gasteiger partial charge in [0.25, 0.3) is 0 Å². The standard InChI is InChI=1S/C14H17ClO2/c1-9-7-11(9)14(15)10-3-4-12-13(8-10)17-6-2-5-16-12/h3-4,8-9,11,14H,2,5-7H2,1H3. The van der Waals surface area contributed by atoms with Crippen molar-refractivity contribution < 1.29 is 9.47 Å². The monoisotopic (exact) mass is 252 g/mol. The zero-order valence-corrected chi connectivity index (χ0v) is 10.7. The lowest BCUT2D eigenvalue weighted by Crippen LogP contribution is -1.98. The van der Waals surface area contributed by atoms with Gasteiger partial charge in [-0.1, -0.05) is 13.0 Å². The fraction of sp³-hybridized carbons (Fsp3) is 0.571. The molecule has 2 aliphatic rings. The van der Waals surface area contributed by atoms with E-state index in [9.17, 15) is 0 Å². The molecular formula is C14H17ClO2. The number of hydrogen-bond donors (Lipinski definition) is 0. The van der Waals surface area contributed by atoms with E-state index in [2.05, 4.69) is 13.0 Å². The Labute approximate surface area is 107 Å². The highest BCUT2D eigenvalue weighted by Gasteiger charge is 2.39. The highest BCUT2D eigenvalue weighted by molar-refractivity contribution is 6.21. The van der Waals surface area contributed by atoms with Crippen LogP contribution >= 0.6 is 11.6 Å². The number of alkyl halides is 1. The minimum atomic E-state index is 0.113. The molecule has 3 unspecified atom stereocenters. The average molecular weight is 253 g/mol. The van der Waals surface area contributed by atoms with Crippen LogP contribution in [0.15, 0.2) is 18.2 Å². The predicted molar refractivity (Wildman–Crippen MR) is 67.9 cm³/mol. The molecule has 1 saturated carbocycles. The fourth-order valence-electron chi connectivity index (χ4n) is 2.36. The van der Waals surface area contributed by atoms with Crippen molar-refractivity contribution in [1.82, 2.24) is 0 Å². The maximum atomic E-state index is 6.49. The molecule has 1 fully saturated rings. The summed E-state index contributed by atoms with van der Waals surface area (Å²) in [6.45, 7) is 3.71. The molecule has 0 N–H and O–H groups in total. The van der Waals surface area contributed by atoms with Crippen LogP contribution in [0.2, 0.25) is 0 Å². The van der Waals surface area contributed by atoms with E-state index >= 15 is 0 Å². The van der Waals surface area contributed by atoms with Crippen LogP contribution in [0.5, 0.6) is 11.5 Å². The van der Waals surface area contributed by atoms with Gasteiger partial charge in [0.2, 0.25) is 0 Å². The van der Waals surface area contributed by atoms with Crippen LogP contribution in [0.1, 0.15) is 30.7 Å². The Morgan fingerprint density at radius 1 is 1.24 bits per heavy atom. The van der Waals surface area contributed by atoms with Crippen molar-refractivity contribution in [1.29, 1.82) is 0 Å². The first-order chi connectivity index (χ1) is 8.25. The Balaban J connectivity index is 1.84. The first-order valence-electron chi connectivity index (χ1n) is 6.29. The first-order valence-corrected chi connectivity index (χ1v) is 6.73. The van der Waals surface area contributed by atoms with Gasteiger partial charge in [-0.2, -0.15) is 0 Å². The molecule has 0 bridgehead atoms. The average Bonchev–Trinajstić information content (AvgIpc) is 3.09. The van der Waals surface area contributed by atoms with Crippen LogP contribution in [0.3, 0.4) is 0 Å². The molecule has 92 valence electrons. The largest absolute Gasteiger partial charge is 0.490 e. The van der Waals surface area contributed by atoms with Crippen LogP contribution in [0.4, 0.5) is 0 Å². The number of fused-ring (bicyclic) bond motifs is 1. The van der Waals surface area contributed by atoms with Crippen molar-refractivity contribution in [2.45, 2.75) is 25.1 Å². The molecule has 2 nitrogen and oxygen atoms in total. The lowest BCUT2D eigenvalue weighted by Gasteiger charge is -2.13. The third-order valence-electron chi connectivity index (χ3n) is 3.64. The Morgan fingerprint density at radius 3 is 2.65 bits per heavy atom. The summed E-state index contributed by atoms with van der Waals surface area (Å²) in [4.78, 5) is 0. The van der Waals surface area contributed by atoms with E-state index in [-0.39, 0.29) is 5.38 Å². The van der Waals surface area contributed by atoms with E-state index in [1.807, 2.05) is 12.1 Å². The van der Waals surface area contributed by atoms with Crippen LogP contribution in [-0.4, -0.2) is 13.2 Å². The van der Waals surface area contributed by atoms with Gasteiger partial charge in [-0.25, -0.2) is 0 Å². The van der Waals surface area contributed by atoms with Crippen molar-refractivity contribution in [3.63, 3.8) is 0 Å². The minimum Gasteiger partial charge on any atom is -0.490 e. The summed E-state index contributed by atoms with van der Waals surface area (Å²) in [6.07, 6.45) is 2.18. The lowest BCUT2D eigenvalue weighted by molar-refractivity contribution is 0.297. The molecule has 17 heavy (non-hydrogen) atoms. The Kier molecular flexibility index (Phi) is 2.91. The molecule has 0 saturated heterocycles.